The Morgan fingerprint density at radius 2 is 2.20 bits per heavy atom. The third kappa shape index (κ3) is 4.31. The zero-order chi connectivity index (χ0) is 15.3. The summed E-state index contributed by atoms with van der Waals surface area (Å²) < 4.78 is 37.1. The minimum atomic E-state index is -3.73. The van der Waals surface area contributed by atoms with Crippen LogP contribution in [0.15, 0.2) is 30.9 Å². The van der Waals surface area contributed by atoms with Gasteiger partial charge in [-0.05, 0) is 24.6 Å². The Bertz CT molecular complexity index is 616. The van der Waals surface area contributed by atoms with Gasteiger partial charge in [-0.3, -0.25) is 4.79 Å². The molecule has 0 fully saturated rings. The van der Waals surface area contributed by atoms with E-state index in [-0.39, 0.29) is 17.1 Å². The fourth-order valence-corrected chi connectivity index (χ4v) is 3.12. The van der Waals surface area contributed by atoms with E-state index in [1.165, 1.54) is 19.1 Å². The topological polar surface area (TPSA) is 63.2 Å². The smallest absolute Gasteiger partial charge is 0.238 e. The summed E-state index contributed by atoms with van der Waals surface area (Å²) in [5, 5.41) is 1.22. The Balaban J connectivity index is 2.88. The van der Waals surface area contributed by atoms with Gasteiger partial charge >= 0.3 is 0 Å². The quantitative estimate of drug-likeness (QED) is 0.817. The highest BCUT2D eigenvalue weighted by Gasteiger charge is 2.28. The number of sulfone groups is 1. The third-order valence-corrected chi connectivity index (χ3v) is 5.06. The van der Waals surface area contributed by atoms with Crippen molar-refractivity contribution in [3.05, 3.63) is 47.3 Å². The first-order chi connectivity index (χ1) is 9.27. The standard InChI is InChI=1S/C13H15ClFNO3S/c1-3-6-16-13(17)9(2)20(18,19)8-10-4-5-11(15)7-12(10)14/h3-5,7,9H,1,6,8H2,2H3,(H,16,17). The minimum Gasteiger partial charge on any atom is -0.352 e. The second-order valence-electron chi connectivity index (χ2n) is 4.22. The molecule has 7 heteroatoms. The van der Waals surface area contributed by atoms with Crippen LogP contribution >= 0.6 is 11.6 Å². The molecule has 1 aromatic carbocycles. The first kappa shape index (κ1) is 16.7. The summed E-state index contributed by atoms with van der Waals surface area (Å²) in [6.45, 7) is 4.91. The highest BCUT2D eigenvalue weighted by atomic mass is 35.5. The zero-order valence-corrected chi connectivity index (χ0v) is 12.5. The number of nitrogens with one attached hydrogen (secondary N) is 1. The SMILES string of the molecule is C=CCNC(=O)C(C)S(=O)(=O)Cc1ccc(F)cc1Cl. The molecule has 1 amide bonds. The van der Waals surface area contributed by atoms with Crippen molar-refractivity contribution in [1.82, 2.24) is 5.32 Å². The number of carbonyl (C=O) groups is 1. The van der Waals surface area contributed by atoms with Gasteiger partial charge in [0.25, 0.3) is 0 Å². The van der Waals surface area contributed by atoms with Crippen molar-refractivity contribution in [2.45, 2.75) is 17.9 Å². The normalized spacial score (nSPS) is 12.8. The van der Waals surface area contributed by atoms with Crippen molar-refractivity contribution < 1.29 is 17.6 Å². The van der Waals surface area contributed by atoms with Crippen LogP contribution in [-0.4, -0.2) is 26.1 Å². The molecule has 20 heavy (non-hydrogen) atoms. The molecule has 0 aliphatic rings. The molecule has 0 aromatic heterocycles. The highest BCUT2D eigenvalue weighted by Crippen LogP contribution is 2.21. The number of hydrogen-bond acceptors (Lipinski definition) is 3. The van der Waals surface area contributed by atoms with E-state index in [9.17, 15) is 17.6 Å². The van der Waals surface area contributed by atoms with Gasteiger partial charge in [0, 0.05) is 11.6 Å². The van der Waals surface area contributed by atoms with Crippen LogP contribution in [0.1, 0.15) is 12.5 Å². The largest absolute Gasteiger partial charge is 0.352 e. The Kier molecular flexibility index (Phi) is 5.71. The minimum absolute atomic E-state index is 0.0206. The van der Waals surface area contributed by atoms with Crippen molar-refractivity contribution in [3.8, 4) is 0 Å². The number of carbonyl (C=O) groups excluding carboxylic acids is 1. The predicted molar refractivity (Wildman–Crippen MR) is 76.7 cm³/mol. The molecule has 4 nitrogen and oxygen atoms in total. The van der Waals surface area contributed by atoms with Crippen molar-refractivity contribution in [2.75, 3.05) is 6.54 Å². The van der Waals surface area contributed by atoms with E-state index in [4.69, 9.17) is 11.6 Å². The fraction of sp³-hybridized carbons (Fsp3) is 0.308. The van der Waals surface area contributed by atoms with Gasteiger partial charge in [-0.2, -0.15) is 0 Å². The van der Waals surface area contributed by atoms with Crippen molar-refractivity contribution in [1.29, 1.82) is 0 Å². The summed E-state index contributed by atoms with van der Waals surface area (Å²) in [5.41, 5.74) is 0.261. The van der Waals surface area contributed by atoms with E-state index >= 15 is 0 Å². The molecule has 1 unspecified atom stereocenters. The Morgan fingerprint density at radius 1 is 1.55 bits per heavy atom. The van der Waals surface area contributed by atoms with E-state index in [0.717, 1.165) is 12.1 Å². The maximum absolute atomic E-state index is 12.9. The van der Waals surface area contributed by atoms with Crippen LogP contribution in [0.4, 0.5) is 4.39 Å². The summed E-state index contributed by atoms with van der Waals surface area (Å²) in [7, 11) is -3.73. The van der Waals surface area contributed by atoms with Crippen LogP contribution in [0, 0.1) is 5.82 Å². The van der Waals surface area contributed by atoms with Gasteiger partial charge in [0.2, 0.25) is 5.91 Å². The lowest BCUT2D eigenvalue weighted by Crippen LogP contribution is -2.38. The van der Waals surface area contributed by atoms with E-state index in [1.54, 1.807) is 0 Å². The second kappa shape index (κ2) is 6.85. The maximum atomic E-state index is 12.9. The molecule has 1 N–H and O–H groups in total. The van der Waals surface area contributed by atoms with Crippen molar-refractivity contribution in [2.24, 2.45) is 0 Å². The molecule has 0 bridgehead atoms. The molecule has 0 spiro atoms. The molecule has 1 atom stereocenters. The monoisotopic (exact) mass is 319 g/mol. The van der Waals surface area contributed by atoms with E-state index in [2.05, 4.69) is 11.9 Å². The van der Waals surface area contributed by atoms with Gasteiger partial charge < -0.3 is 5.32 Å². The molecule has 1 rings (SSSR count). The van der Waals surface area contributed by atoms with Crippen LogP contribution in [0.2, 0.25) is 5.02 Å². The second-order valence-corrected chi connectivity index (χ2v) is 6.95. The van der Waals surface area contributed by atoms with E-state index < -0.39 is 32.6 Å². The fourth-order valence-electron chi connectivity index (χ4n) is 1.46. The molecule has 0 saturated carbocycles. The lowest BCUT2D eigenvalue weighted by Gasteiger charge is -2.13. The highest BCUT2D eigenvalue weighted by molar-refractivity contribution is 7.92. The van der Waals surface area contributed by atoms with Crippen LogP contribution in [0.5, 0.6) is 0 Å². The number of halogens is 2. The summed E-state index contributed by atoms with van der Waals surface area (Å²) >= 11 is 5.79. The van der Waals surface area contributed by atoms with Gasteiger partial charge in [0.15, 0.2) is 9.84 Å². The van der Waals surface area contributed by atoms with Crippen LogP contribution < -0.4 is 5.32 Å². The van der Waals surface area contributed by atoms with E-state index in [1.807, 2.05) is 0 Å². The average molecular weight is 320 g/mol. The first-order valence-electron chi connectivity index (χ1n) is 5.82. The molecular formula is C13H15ClFNO3S. The predicted octanol–water partition coefficient (Wildman–Crippen LogP) is 2.08. The molecular weight excluding hydrogens is 305 g/mol. The summed E-state index contributed by atoms with van der Waals surface area (Å²) in [6, 6.07) is 3.46. The van der Waals surface area contributed by atoms with Gasteiger partial charge in [0.05, 0.1) is 5.75 Å². The zero-order valence-electron chi connectivity index (χ0n) is 10.9. The molecule has 0 aliphatic heterocycles. The van der Waals surface area contributed by atoms with Crippen molar-refractivity contribution >= 4 is 27.3 Å². The van der Waals surface area contributed by atoms with Crippen LogP contribution in [-0.2, 0) is 20.4 Å². The van der Waals surface area contributed by atoms with Crippen LogP contribution in [0.25, 0.3) is 0 Å². The van der Waals surface area contributed by atoms with Gasteiger partial charge in [0.1, 0.15) is 11.1 Å². The third-order valence-electron chi connectivity index (χ3n) is 2.70. The summed E-state index contributed by atoms with van der Waals surface area (Å²) in [4.78, 5) is 11.6. The molecule has 0 radical (unpaired) electrons. The lowest BCUT2D eigenvalue weighted by atomic mass is 10.2. The van der Waals surface area contributed by atoms with Gasteiger partial charge in [-0.1, -0.05) is 23.7 Å². The number of hydrogen-bond donors (Lipinski definition) is 1. The average Bonchev–Trinajstić information content (AvgIpc) is 2.38. The maximum Gasteiger partial charge on any atom is 0.238 e. The molecule has 0 aliphatic carbocycles. The van der Waals surface area contributed by atoms with E-state index in [0.29, 0.717) is 0 Å². The summed E-state index contributed by atoms with van der Waals surface area (Å²) in [5.74, 6) is -1.58. The molecule has 0 saturated heterocycles. The van der Waals surface area contributed by atoms with Gasteiger partial charge in [-0.25, -0.2) is 12.8 Å². The molecule has 0 heterocycles. The summed E-state index contributed by atoms with van der Waals surface area (Å²) in [6.07, 6.45) is 1.45. The van der Waals surface area contributed by atoms with Crippen LogP contribution in [0.3, 0.4) is 0 Å². The van der Waals surface area contributed by atoms with Gasteiger partial charge in [-0.15, -0.1) is 6.58 Å². The Labute approximate surface area is 122 Å². The Morgan fingerprint density at radius 3 is 2.75 bits per heavy atom. The number of benzene rings is 1. The number of amides is 1. The lowest BCUT2D eigenvalue weighted by molar-refractivity contribution is -0.120. The Hall–Kier alpha value is -1.40. The molecule has 1 aromatic rings. The van der Waals surface area contributed by atoms with Crippen molar-refractivity contribution in [3.63, 3.8) is 0 Å². The molecule has 110 valence electrons. The number of rotatable bonds is 6. The first-order valence-corrected chi connectivity index (χ1v) is 7.91.